The molecule has 0 radical (unpaired) electrons. The Balaban J connectivity index is 2.24. The Morgan fingerprint density at radius 3 is 2.53 bits per heavy atom. The molecule has 0 bridgehead atoms. The molecular weight excluding hydrogens is 248 g/mol. The molecular formula is C13H8N2O4. The van der Waals surface area contributed by atoms with E-state index >= 15 is 0 Å². The maximum absolute atomic E-state index is 10.1. The van der Waals surface area contributed by atoms with Crippen molar-refractivity contribution in [2.24, 2.45) is 0 Å². The largest absolute Gasteiger partial charge is 0.504 e. The molecule has 0 aliphatic rings. The maximum atomic E-state index is 10.1. The molecule has 3 aromatic heterocycles. The molecule has 0 saturated heterocycles. The molecule has 3 heterocycles. The van der Waals surface area contributed by atoms with Gasteiger partial charge in [0.1, 0.15) is 11.3 Å². The molecule has 6 heteroatoms. The van der Waals surface area contributed by atoms with Crippen LogP contribution in [-0.4, -0.2) is 10.3 Å². The zero-order chi connectivity index (χ0) is 13.0. The number of aromatic hydroxyl groups is 1. The zero-order valence-corrected chi connectivity index (χ0v) is 9.58. The molecule has 0 saturated carbocycles. The minimum absolute atomic E-state index is 0.0453. The van der Waals surface area contributed by atoms with Gasteiger partial charge in [-0.25, -0.2) is 0 Å². The normalized spacial score (nSPS) is 11.6. The third-order valence-corrected chi connectivity index (χ3v) is 3.08. The smallest absolute Gasteiger partial charge is 0.222 e. The number of hydrogen-bond donors (Lipinski definition) is 2. The van der Waals surface area contributed by atoms with Gasteiger partial charge in [0.2, 0.25) is 5.88 Å². The summed E-state index contributed by atoms with van der Waals surface area (Å²) in [5.41, 5.74) is 7.66. The van der Waals surface area contributed by atoms with E-state index in [0.717, 1.165) is 0 Å². The highest BCUT2D eigenvalue weighted by molar-refractivity contribution is 6.12. The van der Waals surface area contributed by atoms with Crippen LogP contribution in [-0.2, 0) is 0 Å². The minimum Gasteiger partial charge on any atom is -0.504 e. The van der Waals surface area contributed by atoms with E-state index < -0.39 is 0 Å². The van der Waals surface area contributed by atoms with Gasteiger partial charge >= 0.3 is 0 Å². The second kappa shape index (κ2) is 3.32. The summed E-state index contributed by atoms with van der Waals surface area (Å²) in [7, 11) is 0. The van der Waals surface area contributed by atoms with Crippen LogP contribution in [0, 0.1) is 0 Å². The van der Waals surface area contributed by atoms with Crippen molar-refractivity contribution in [2.45, 2.75) is 0 Å². The van der Waals surface area contributed by atoms with Crippen LogP contribution in [0.4, 0.5) is 5.88 Å². The van der Waals surface area contributed by atoms with Gasteiger partial charge in [-0.2, -0.15) is 0 Å². The molecule has 0 aliphatic heterocycles. The average Bonchev–Trinajstić information content (AvgIpc) is 3.09. The Bertz CT molecular complexity index is 848. The summed E-state index contributed by atoms with van der Waals surface area (Å²) in [6.45, 7) is 0. The van der Waals surface area contributed by atoms with E-state index in [2.05, 4.69) is 5.16 Å². The van der Waals surface area contributed by atoms with Crippen LogP contribution >= 0.6 is 0 Å². The Hall–Kier alpha value is -2.89. The number of benzene rings is 1. The van der Waals surface area contributed by atoms with Gasteiger partial charge in [0.25, 0.3) is 0 Å². The highest BCUT2D eigenvalue weighted by Crippen LogP contribution is 2.43. The van der Waals surface area contributed by atoms with Crippen LogP contribution in [0.15, 0.2) is 44.1 Å². The van der Waals surface area contributed by atoms with Gasteiger partial charge in [0, 0.05) is 11.5 Å². The van der Waals surface area contributed by atoms with E-state index in [1.165, 1.54) is 12.5 Å². The molecule has 0 amide bonds. The molecule has 3 N–H and O–H groups in total. The van der Waals surface area contributed by atoms with Crippen molar-refractivity contribution in [3.05, 3.63) is 30.7 Å². The SMILES string of the molecule is Nc1cc(-c2c3ccoc3c(O)c3ccoc23)no1. The topological polar surface area (TPSA) is 98.6 Å². The number of nitrogens with zero attached hydrogens (tertiary/aromatic N) is 1. The van der Waals surface area contributed by atoms with Crippen molar-refractivity contribution in [1.29, 1.82) is 0 Å². The fourth-order valence-electron chi connectivity index (χ4n) is 2.28. The van der Waals surface area contributed by atoms with E-state index in [1.54, 1.807) is 18.2 Å². The molecule has 0 fully saturated rings. The standard InChI is InChI=1S/C13H8N2O4/c14-9-5-8(15-19-9)10-6-1-3-18-13(6)11(16)7-2-4-17-12(7)10/h1-5,16H,14H2. The second-order valence-electron chi connectivity index (χ2n) is 4.16. The van der Waals surface area contributed by atoms with E-state index in [1.807, 2.05) is 0 Å². The minimum atomic E-state index is 0.0453. The summed E-state index contributed by atoms with van der Waals surface area (Å²) < 4.78 is 15.7. The molecule has 94 valence electrons. The zero-order valence-electron chi connectivity index (χ0n) is 9.58. The van der Waals surface area contributed by atoms with Crippen molar-refractivity contribution in [2.75, 3.05) is 5.73 Å². The summed E-state index contributed by atoms with van der Waals surface area (Å²) in [5.74, 6) is 0.253. The Morgan fingerprint density at radius 1 is 1.05 bits per heavy atom. The van der Waals surface area contributed by atoms with Gasteiger partial charge < -0.3 is 24.2 Å². The molecule has 1 aromatic carbocycles. The van der Waals surface area contributed by atoms with Crippen LogP contribution in [0.3, 0.4) is 0 Å². The monoisotopic (exact) mass is 256 g/mol. The van der Waals surface area contributed by atoms with Crippen LogP contribution < -0.4 is 5.73 Å². The highest BCUT2D eigenvalue weighted by atomic mass is 16.5. The lowest BCUT2D eigenvalue weighted by Crippen LogP contribution is -1.82. The Kier molecular flexibility index (Phi) is 1.76. The summed E-state index contributed by atoms with van der Waals surface area (Å²) in [4.78, 5) is 0. The Morgan fingerprint density at radius 2 is 1.79 bits per heavy atom. The van der Waals surface area contributed by atoms with E-state index in [9.17, 15) is 5.11 Å². The van der Waals surface area contributed by atoms with Gasteiger partial charge in [0.15, 0.2) is 11.3 Å². The summed E-state index contributed by atoms with van der Waals surface area (Å²) in [6.07, 6.45) is 2.99. The quantitative estimate of drug-likeness (QED) is 0.542. The molecule has 19 heavy (non-hydrogen) atoms. The predicted molar refractivity (Wildman–Crippen MR) is 67.6 cm³/mol. The lowest BCUT2D eigenvalue weighted by Gasteiger charge is -2.02. The van der Waals surface area contributed by atoms with Gasteiger partial charge in [-0.1, -0.05) is 5.16 Å². The lowest BCUT2D eigenvalue weighted by atomic mass is 10.0. The first-order valence-corrected chi connectivity index (χ1v) is 5.57. The maximum Gasteiger partial charge on any atom is 0.222 e. The molecule has 0 atom stereocenters. The van der Waals surface area contributed by atoms with E-state index in [0.29, 0.717) is 33.2 Å². The van der Waals surface area contributed by atoms with E-state index in [4.69, 9.17) is 19.1 Å². The Labute approximate surface area is 106 Å². The van der Waals surface area contributed by atoms with Crippen LogP contribution in [0.5, 0.6) is 5.75 Å². The van der Waals surface area contributed by atoms with Gasteiger partial charge in [-0.15, -0.1) is 0 Å². The first-order chi connectivity index (χ1) is 9.25. The first-order valence-electron chi connectivity index (χ1n) is 5.57. The summed E-state index contributed by atoms with van der Waals surface area (Å²) in [5, 5.41) is 15.3. The highest BCUT2D eigenvalue weighted by Gasteiger charge is 2.21. The summed E-state index contributed by atoms with van der Waals surface area (Å²) in [6, 6.07) is 5.00. The molecule has 4 rings (SSSR count). The van der Waals surface area contributed by atoms with Crippen LogP contribution in [0.2, 0.25) is 0 Å². The summed E-state index contributed by atoms with van der Waals surface area (Å²) >= 11 is 0. The number of anilines is 1. The van der Waals surface area contributed by atoms with Crippen molar-refractivity contribution >= 4 is 27.8 Å². The third kappa shape index (κ3) is 1.22. The van der Waals surface area contributed by atoms with Gasteiger partial charge in [-0.05, 0) is 12.1 Å². The number of nitrogen functional groups attached to an aromatic ring is 1. The average molecular weight is 256 g/mol. The number of phenols is 1. The fourth-order valence-corrected chi connectivity index (χ4v) is 2.28. The number of aromatic nitrogens is 1. The number of furan rings is 2. The molecule has 4 aromatic rings. The number of nitrogens with two attached hydrogens (primary N) is 1. The van der Waals surface area contributed by atoms with E-state index in [-0.39, 0.29) is 11.6 Å². The predicted octanol–water partition coefficient (Wildman–Crippen LogP) is 3.12. The molecule has 0 aliphatic carbocycles. The molecule has 0 unspecified atom stereocenters. The number of hydrogen-bond acceptors (Lipinski definition) is 6. The van der Waals surface area contributed by atoms with Crippen LogP contribution in [0.25, 0.3) is 33.2 Å². The van der Waals surface area contributed by atoms with Crippen molar-refractivity contribution in [3.63, 3.8) is 0 Å². The second-order valence-corrected chi connectivity index (χ2v) is 4.16. The van der Waals surface area contributed by atoms with Gasteiger partial charge in [0.05, 0.1) is 23.5 Å². The van der Waals surface area contributed by atoms with Crippen LogP contribution in [0.1, 0.15) is 0 Å². The lowest BCUT2D eigenvalue weighted by molar-refractivity contribution is 0.439. The van der Waals surface area contributed by atoms with Gasteiger partial charge in [-0.3, -0.25) is 0 Å². The molecule has 6 nitrogen and oxygen atoms in total. The number of phenolic OH excluding ortho intramolecular Hbond substituents is 1. The van der Waals surface area contributed by atoms with Crippen molar-refractivity contribution < 1.29 is 18.5 Å². The first kappa shape index (κ1) is 10.1. The van der Waals surface area contributed by atoms with Crippen molar-refractivity contribution in [1.82, 2.24) is 5.16 Å². The fraction of sp³-hybridized carbons (Fsp3) is 0. The molecule has 0 spiro atoms. The third-order valence-electron chi connectivity index (χ3n) is 3.08. The van der Waals surface area contributed by atoms with Crippen molar-refractivity contribution in [3.8, 4) is 17.0 Å². The number of rotatable bonds is 1. The number of fused-ring (bicyclic) bond motifs is 2.